The summed E-state index contributed by atoms with van der Waals surface area (Å²) in [5.74, 6) is -0.0185. The van der Waals surface area contributed by atoms with E-state index in [1.54, 1.807) is 12.4 Å². The molecule has 3 atom stereocenters. The standard InChI is InChI=1S/C13H17N3O2/c17-13(16-8-9-2-1-4-14-7-9)12-6-10-11(18-12)3-5-15-10/h1-2,4,7,10-12,15H,3,5-6,8H2,(H,16,17)/t10-,11-,12-/m1/s1. The van der Waals surface area contributed by atoms with Crippen LogP contribution in [0.3, 0.4) is 0 Å². The van der Waals surface area contributed by atoms with Gasteiger partial charge in [0.25, 0.3) is 0 Å². The number of rotatable bonds is 3. The Morgan fingerprint density at radius 1 is 1.61 bits per heavy atom. The van der Waals surface area contributed by atoms with Crippen LogP contribution in [0.4, 0.5) is 0 Å². The number of pyridine rings is 1. The molecule has 0 bridgehead atoms. The quantitative estimate of drug-likeness (QED) is 0.802. The smallest absolute Gasteiger partial charge is 0.249 e. The fourth-order valence-corrected chi connectivity index (χ4v) is 2.61. The van der Waals surface area contributed by atoms with Crippen LogP contribution in [0.25, 0.3) is 0 Å². The SMILES string of the molecule is O=C(NCc1cccnc1)[C@H]1C[C@H]2NCC[C@H]2O1. The van der Waals surface area contributed by atoms with Crippen molar-refractivity contribution in [2.24, 2.45) is 0 Å². The van der Waals surface area contributed by atoms with E-state index in [1.807, 2.05) is 12.1 Å². The first-order valence-electron chi connectivity index (χ1n) is 6.38. The summed E-state index contributed by atoms with van der Waals surface area (Å²) >= 11 is 0. The molecule has 18 heavy (non-hydrogen) atoms. The van der Waals surface area contributed by atoms with Crippen molar-refractivity contribution >= 4 is 5.91 Å². The van der Waals surface area contributed by atoms with Gasteiger partial charge in [-0.25, -0.2) is 0 Å². The molecule has 0 aromatic carbocycles. The zero-order valence-electron chi connectivity index (χ0n) is 10.1. The van der Waals surface area contributed by atoms with Crippen molar-refractivity contribution < 1.29 is 9.53 Å². The number of hydrogen-bond acceptors (Lipinski definition) is 4. The lowest BCUT2D eigenvalue weighted by Crippen LogP contribution is -2.35. The molecule has 5 nitrogen and oxygen atoms in total. The molecule has 0 saturated carbocycles. The summed E-state index contributed by atoms with van der Waals surface area (Å²) in [4.78, 5) is 16.0. The predicted octanol–water partition coefficient (Wildman–Crippen LogP) is 0.217. The average Bonchev–Trinajstić information content (AvgIpc) is 2.98. The molecule has 5 heteroatoms. The first kappa shape index (κ1) is 11.6. The summed E-state index contributed by atoms with van der Waals surface area (Å²) in [5.41, 5.74) is 1.00. The lowest BCUT2D eigenvalue weighted by molar-refractivity contribution is -0.132. The fraction of sp³-hybridized carbons (Fsp3) is 0.538. The number of hydrogen-bond donors (Lipinski definition) is 2. The van der Waals surface area contributed by atoms with Gasteiger partial charge in [0.15, 0.2) is 0 Å². The van der Waals surface area contributed by atoms with E-state index in [-0.39, 0.29) is 18.1 Å². The average molecular weight is 247 g/mol. The monoisotopic (exact) mass is 247 g/mol. The van der Waals surface area contributed by atoms with Gasteiger partial charge in [0.2, 0.25) is 5.91 Å². The molecule has 3 heterocycles. The topological polar surface area (TPSA) is 63.2 Å². The number of ether oxygens (including phenoxy) is 1. The minimum absolute atomic E-state index is 0.0185. The Balaban J connectivity index is 1.50. The molecule has 2 saturated heterocycles. The molecular formula is C13H17N3O2. The summed E-state index contributed by atoms with van der Waals surface area (Å²) in [6.07, 6.45) is 5.19. The maximum absolute atomic E-state index is 12.0. The predicted molar refractivity (Wildman–Crippen MR) is 65.8 cm³/mol. The Morgan fingerprint density at radius 2 is 2.56 bits per heavy atom. The fourth-order valence-electron chi connectivity index (χ4n) is 2.61. The van der Waals surface area contributed by atoms with Crippen LogP contribution < -0.4 is 10.6 Å². The highest BCUT2D eigenvalue weighted by atomic mass is 16.5. The summed E-state index contributed by atoms with van der Waals surface area (Å²) in [6, 6.07) is 4.17. The number of aromatic nitrogens is 1. The molecule has 3 rings (SSSR count). The van der Waals surface area contributed by atoms with Crippen LogP contribution in [0, 0.1) is 0 Å². The van der Waals surface area contributed by atoms with Crippen molar-refractivity contribution in [3.05, 3.63) is 30.1 Å². The lowest BCUT2D eigenvalue weighted by Gasteiger charge is -2.12. The van der Waals surface area contributed by atoms with Crippen LogP contribution in [0.1, 0.15) is 18.4 Å². The molecule has 2 N–H and O–H groups in total. The van der Waals surface area contributed by atoms with Gasteiger partial charge >= 0.3 is 0 Å². The van der Waals surface area contributed by atoms with E-state index in [9.17, 15) is 4.79 Å². The normalized spacial score (nSPS) is 30.1. The summed E-state index contributed by atoms with van der Waals surface area (Å²) in [7, 11) is 0. The number of nitrogens with one attached hydrogen (secondary N) is 2. The van der Waals surface area contributed by atoms with Crippen molar-refractivity contribution in [1.82, 2.24) is 15.6 Å². The van der Waals surface area contributed by atoms with Gasteiger partial charge in [0.1, 0.15) is 6.10 Å². The summed E-state index contributed by atoms with van der Waals surface area (Å²) < 4.78 is 5.75. The molecule has 2 aliphatic heterocycles. The Morgan fingerprint density at radius 3 is 3.33 bits per heavy atom. The first-order valence-corrected chi connectivity index (χ1v) is 6.38. The summed E-state index contributed by atoms with van der Waals surface area (Å²) in [6.45, 7) is 1.51. The van der Waals surface area contributed by atoms with Gasteiger partial charge in [0.05, 0.1) is 6.10 Å². The van der Waals surface area contributed by atoms with Crippen LogP contribution in [0.5, 0.6) is 0 Å². The Bertz CT molecular complexity index is 412. The number of nitrogens with zero attached hydrogens (tertiary/aromatic N) is 1. The Hall–Kier alpha value is -1.46. The van der Waals surface area contributed by atoms with Crippen LogP contribution >= 0.6 is 0 Å². The molecule has 0 spiro atoms. The molecular weight excluding hydrogens is 230 g/mol. The number of amides is 1. The third kappa shape index (κ3) is 2.37. The molecule has 2 fully saturated rings. The Labute approximate surface area is 106 Å². The highest BCUT2D eigenvalue weighted by molar-refractivity contribution is 5.81. The highest BCUT2D eigenvalue weighted by Gasteiger charge is 2.41. The van der Waals surface area contributed by atoms with Crippen molar-refractivity contribution in [2.75, 3.05) is 6.54 Å². The molecule has 1 amide bonds. The zero-order chi connectivity index (χ0) is 12.4. The van der Waals surface area contributed by atoms with Gasteiger partial charge in [-0.15, -0.1) is 0 Å². The number of carbonyl (C=O) groups excluding carboxylic acids is 1. The second-order valence-corrected chi connectivity index (χ2v) is 4.83. The Kier molecular flexibility index (Phi) is 3.25. The molecule has 1 aromatic heterocycles. The van der Waals surface area contributed by atoms with Gasteiger partial charge in [-0.1, -0.05) is 6.07 Å². The van der Waals surface area contributed by atoms with Gasteiger partial charge in [0, 0.05) is 31.4 Å². The molecule has 0 unspecified atom stereocenters. The minimum atomic E-state index is -0.301. The second-order valence-electron chi connectivity index (χ2n) is 4.83. The van der Waals surface area contributed by atoms with Crippen LogP contribution in [-0.2, 0) is 16.1 Å². The van der Waals surface area contributed by atoms with E-state index in [4.69, 9.17) is 4.74 Å². The first-order chi connectivity index (χ1) is 8.83. The highest BCUT2D eigenvalue weighted by Crippen LogP contribution is 2.26. The van der Waals surface area contributed by atoms with Crippen molar-refractivity contribution in [2.45, 2.75) is 37.6 Å². The number of carbonyl (C=O) groups is 1. The van der Waals surface area contributed by atoms with Gasteiger partial charge in [-0.05, 0) is 24.6 Å². The molecule has 1 aromatic rings. The number of fused-ring (bicyclic) bond motifs is 1. The van der Waals surface area contributed by atoms with Crippen LogP contribution in [0.2, 0.25) is 0 Å². The van der Waals surface area contributed by atoms with Gasteiger partial charge < -0.3 is 15.4 Å². The largest absolute Gasteiger partial charge is 0.363 e. The lowest BCUT2D eigenvalue weighted by atomic mass is 10.1. The molecule has 0 aliphatic carbocycles. The molecule has 0 radical (unpaired) electrons. The third-order valence-corrected chi connectivity index (χ3v) is 3.57. The second kappa shape index (κ2) is 5.04. The van der Waals surface area contributed by atoms with E-state index >= 15 is 0 Å². The van der Waals surface area contributed by atoms with E-state index in [0.717, 1.165) is 24.9 Å². The summed E-state index contributed by atoms with van der Waals surface area (Å²) in [5, 5.41) is 6.26. The third-order valence-electron chi connectivity index (χ3n) is 3.57. The van der Waals surface area contributed by atoms with Crippen LogP contribution in [0.15, 0.2) is 24.5 Å². The van der Waals surface area contributed by atoms with E-state index < -0.39 is 0 Å². The van der Waals surface area contributed by atoms with Crippen molar-refractivity contribution in [3.8, 4) is 0 Å². The zero-order valence-corrected chi connectivity index (χ0v) is 10.1. The van der Waals surface area contributed by atoms with E-state index in [1.165, 1.54) is 0 Å². The maximum Gasteiger partial charge on any atom is 0.249 e. The van der Waals surface area contributed by atoms with Gasteiger partial charge in [-0.2, -0.15) is 0 Å². The van der Waals surface area contributed by atoms with Gasteiger partial charge in [-0.3, -0.25) is 9.78 Å². The van der Waals surface area contributed by atoms with E-state index in [2.05, 4.69) is 15.6 Å². The van der Waals surface area contributed by atoms with Crippen LogP contribution in [-0.4, -0.2) is 35.7 Å². The molecule has 96 valence electrons. The van der Waals surface area contributed by atoms with Crippen molar-refractivity contribution in [1.29, 1.82) is 0 Å². The van der Waals surface area contributed by atoms with E-state index in [0.29, 0.717) is 12.6 Å². The molecule has 2 aliphatic rings. The minimum Gasteiger partial charge on any atom is -0.363 e. The maximum atomic E-state index is 12.0. The van der Waals surface area contributed by atoms with Crippen molar-refractivity contribution in [3.63, 3.8) is 0 Å².